The molecule has 0 radical (unpaired) electrons. The van der Waals surface area contributed by atoms with E-state index in [9.17, 15) is 13.2 Å². The molecule has 0 amide bonds. The second kappa shape index (κ2) is 8.29. The maximum atomic E-state index is 13.6. The maximum Gasteiger partial charge on any atom is 0.421 e. The van der Waals surface area contributed by atoms with Gasteiger partial charge < -0.3 is 9.80 Å². The summed E-state index contributed by atoms with van der Waals surface area (Å²) < 4.78 is 40.8. The number of aromatic nitrogens is 2. The highest BCUT2D eigenvalue weighted by molar-refractivity contribution is 6.30. The SMILES string of the molecule is CCc1ccc(N(C)c2nc(N(C)c3ccc(Cl)cc3)ncc2C(F)(F)F)cc1. The van der Waals surface area contributed by atoms with Crippen molar-refractivity contribution in [2.75, 3.05) is 23.9 Å². The molecule has 0 aliphatic heterocycles. The highest BCUT2D eigenvalue weighted by Gasteiger charge is 2.37. The van der Waals surface area contributed by atoms with Crippen LogP contribution in [0.1, 0.15) is 18.1 Å². The third kappa shape index (κ3) is 4.62. The largest absolute Gasteiger partial charge is 0.421 e. The van der Waals surface area contributed by atoms with Crippen molar-refractivity contribution in [2.45, 2.75) is 19.5 Å². The van der Waals surface area contributed by atoms with Gasteiger partial charge in [0, 0.05) is 36.7 Å². The molecule has 0 aliphatic carbocycles. The van der Waals surface area contributed by atoms with Gasteiger partial charge >= 0.3 is 6.18 Å². The maximum absolute atomic E-state index is 13.6. The Morgan fingerprint density at radius 1 is 0.897 bits per heavy atom. The Labute approximate surface area is 172 Å². The molecule has 29 heavy (non-hydrogen) atoms. The third-order valence-corrected chi connectivity index (χ3v) is 4.88. The molecule has 3 aromatic rings. The first-order chi connectivity index (χ1) is 13.7. The lowest BCUT2D eigenvalue weighted by atomic mass is 10.1. The zero-order valence-electron chi connectivity index (χ0n) is 16.2. The van der Waals surface area contributed by atoms with Crippen molar-refractivity contribution in [1.82, 2.24) is 9.97 Å². The summed E-state index contributed by atoms with van der Waals surface area (Å²) in [6.45, 7) is 2.02. The smallest absolute Gasteiger partial charge is 0.329 e. The monoisotopic (exact) mass is 420 g/mol. The van der Waals surface area contributed by atoms with E-state index < -0.39 is 11.7 Å². The van der Waals surface area contributed by atoms with Crippen LogP contribution in [0.3, 0.4) is 0 Å². The van der Waals surface area contributed by atoms with E-state index in [1.54, 1.807) is 55.4 Å². The summed E-state index contributed by atoms with van der Waals surface area (Å²) in [6, 6.07) is 14.2. The molecule has 8 heteroatoms. The van der Waals surface area contributed by atoms with E-state index in [1.165, 1.54) is 4.90 Å². The molecule has 0 N–H and O–H groups in total. The molecule has 0 bridgehead atoms. The Bertz CT molecular complexity index is 973. The number of rotatable bonds is 5. The van der Waals surface area contributed by atoms with Crippen LogP contribution >= 0.6 is 11.6 Å². The van der Waals surface area contributed by atoms with Crippen LogP contribution in [0.4, 0.5) is 36.3 Å². The first-order valence-corrected chi connectivity index (χ1v) is 9.34. The number of alkyl halides is 3. The van der Waals surface area contributed by atoms with Crippen LogP contribution in [-0.2, 0) is 12.6 Å². The zero-order chi connectivity index (χ0) is 21.2. The molecular formula is C21H20ClF3N4. The van der Waals surface area contributed by atoms with E-state index in [-0.39, 0.29) is 11.8 Å². The number of anilines is 4. The molecule has 0 atom stereocenters. The van der Waals surface area contributed by atoms with Crippen molar-refractivity contribution in [2.24, 2.45) is 0 Å². The van der Waals surface area contributed by atoms with Crippen molar-refractivity contribution >= 4 is 34.7 Å². The molecule has 2 aromatic carbocycles. The Morgan fingerprint density at radius 2 is 1.45 bits per heavy atom. The van der Waals surface area contributed by atoms with Gasteiger partial charge in [0.25, 0.3) is 0 Å². The van der Waals surface area contributed by atoms with Crippen LogP contribution in [0.5, 0.6) is 0 Å². The van der Waals surface area contributed by atoms with Gasteiger partial charge in [0.05, 0.1) is 0 Å². The summed E-state index contributed by atoms with van der Waals surface area (Å²) in [5, 5.41) is 0.562. The summed E-state index contributed by atoms with van der Waals surface area (Å²) in [5.74, 6) is -0.0695. The molecule has 0 saturated heterocycles. The molecule has 152 valence electrons. The standard InChI is InChI=1S/C21H20ClF3N4/c1-4-14-5-9-16(10-6-14)28(2)19-18(21(23,24)25)13-26-20(27-19)29(3)17-11-7-15(22)8-12-17/h5-13H,4H2,1-3H3. The van der Waals surface area contributed by atoms with Gasteiger partial charge in [-0.3, -0.25) is 0 Å². The average Bonchev–Trinajstić information content (AvgIpc) is 2.72. The minimum Gasteiger partial charge on any atom is -0.329 e. The van der Waals surface area contributed by atoms with Crippen LogP contribution in [0.15, 0.2) is 54.7 Å². The number of benzene rings is 2. The van der Waals surface area contributed by atoms with E-state index in [0.717, 1.165) is 18.2 Å². The molecule has 4 nitrogen and oxygen atoms in total. The minimum atomic E-state index is -4.58. The first kappa shape index (κ1) is 20.9. The third-order valence-electron chi connectivity index (χ3n) is 4.62. The number of halogens is 4. The number of nitrogens with zero attached hydrogens (tertiary/aromatic N) is 4. The quantitative estimate of drug-likeness (QED) is 0.488. The summed E-state index contributed by atoms with van der Waals surface area (Å²) in [7, 11) is 3.25. The van der Waals surface area contributed by atoms with Gasteiger partial charge in [0.1, 0.15) is 5.56 Å². The van der Waals surface area contributed by atoms with E-state index >= 15 is 0 Å². The minimum absolute atomic E-state index is 0.146. The highest BCUT2D eigenvalue weighted by Crippen LogP contribution is 2.38. The normalized spacial score (nSPS) is 11.4. The second-order valence-electron chi connectivity index (χ2n) is 6.52. The highest BCUT2D eigenvalue weighted by atomic mass is 35.5. The summed E-state index contributed by atoms with van der Waals surface area (Å²) in [4.78, 5) is 11.2. The lowest BCUT2D eigenvalue weighted by Crippen LogP contribution is -2.21. The van der Waals surface area contributed by atoms with Crippen molar-refractivity contribution in [1.29, 1.82) is 0 Å². The average molecular weight is 421 g/mol. The molecule has 0 saturated carbocycles. The van der Waals surface area contributed by atoms with Gasteiger partial charge in [0.15, 0.2) is 5.82 Å². The Hall–Kier alpha value is -2.80. The van der Waals surface area contributed by atoms with Crippen LogP contribution in [-0.4, -0.2) is 24.1 Å². The fourth-order valence-corrected chi connectivity index (χ4v) is 2.96. The van der Waals surface area contributed by atoms with Crippen LogP contribution < -0.4 is 9.80 Å². The van der Waals surface area contributed by atoms with Crippen molar-refractivity contribution < 1.29 is 13.2 Å². The molecule has 0 aliphatic rings. The van der Waals surface area contributed by atoms with Gasteiger partial charge in [0.2, 0.25) is 5.95 Å². The number of aryl methyl sites for hydroxylation is 1. The van der Waals surface area contributed by atoms with Gasteiger partial charge in [-0.1, -0.05) is 30.7 Å². The topological polar surface area (TPSA) is 32.3 Å². The molecule has 0 fully saturated rings. The molecular weight excluding hydrogens is 401 g/mol. The molecule has 0 unspecified atom stereocenters. The molecule has 1 heterocycles. The fraction of sp³-hybridized carbons (Fsp3) is 0.238. The molecule has 1 aromatic heterocycles. The van der Waals surface area contributed by atoms with Gasteiger partial charge in [-0.2, -0.15) is 18.2 Å². The Balaban J connectivity index is 2.04. The fourth-order valence-electron chi connectivity index (χ4n) is 2.84. The molecule has 3 rings (SSSR count). The van der Waals surface area contributed by atoms with Crippen molar-refractivity contribution in [3.8, 4) is 0 Å². The first-order valence-electron chi connectivity index (χ1n) is 8.97. The van der Waals surface area contributed by atoms with Crippen LogP contribution in [0, 0.1) is 0 Å². The molecule has 0 spiro atoms. The van der Waals surface area contributed by atoms with Crippen LogP contribution in [0.2, 0.25) is 5.02 Å². The lowest BCUT2D eigenvalue weighted by molar-refractivity contribution is -0.137. The Kier molecular flexibility index (Phi) is 5.98. The number of hydrogen-bond acceptors (Lipinski definition) is 4. The van der Waals surface area contributed by atoms with Gasteiger partial charge in [-0.05, 0) is 48.4 Å². The summed E-state index contributed by atoms with van der Waals surface area (Å²) in [5.41, 5.74) is 1.51. The van der Waals surface area contributed by atoms with Crippen LogP contribution in [0.25, 0.3) is 0 Å². The predicted molar refractivity (Wildman–Crippen MR) is 110 cm³/mol. The Morgan fingerprint density at radius 3 is 2.00 bits per heavy atom. The van der Waals surface area contributed by atoms with E-state index in [2.05, 4.69) is 9.97 Å². The summed E-state index contributed by atoms with van der Waals surface area (Å²) >= 11 is 5.91. The summed E-state index contributed by atoms with van der Waals surface area (Å²) in [6.07, 6.45) is -2.91. The second-order valence-corrected chi connectivity index (χ2v) is 6.96. The van der Waals surface area contributed by atoms with Gasteiger partial charge in [-0.25, -0.2) is 4.98 Å². The predicted octanol–water partition coefficient (Wildman–Crippen LogP) is 6.25. The number of hydrogen-bond donors (Lipinski definition) is 0. The van der Waals surface area contributed by atoms with Crippen molar-refractivity contribution in [3.05, 3.63) is 70.9 Å². The lowest BCUT2D eigenvalue weighted by Gasteiger charge is -2.25. The zero-order valence-corrected chi connectivity index (χ0v) is 17.0. The van der Waals surface area contributed by atoms with E-state index in [4.69, 9.17) is 11.6 Å². The van der Waals surface area contributed by atoms with Gasteiger partial charge in [-0.15, -0.1) is 0 Å². The van der Waals surface area contributed by atoms with E-state index in [1.807, 2.05) is 19.1 Å². The van der Waals surface area contributed by atoms with Crippen molar-refractivity contribution in [3.63, 3.8) is 0 Å². The van der Waals surface area contributed by atoms with E-state index in [0.29, 0.717) is 16.4 Å².